The molecular formula is C16H20Cl2N2O. The van der Waals surface area contributed by atoms with E-state index in [9.17, 15) is 0 Å². The van der Waals surface area contributed by atoms with Gasteiger partial charge in [-0.1, -0.05) is 30.9 Å². The minimum atomic E-state index is 0.399. The molecule has 114 valence electrons. The smallest absolute Gasteiger partial charge is 0.124 e. The summed E-state index contributed by atoms with van der Waals surface area (Å²) in [6.07, 6.45) is 6.75. The van der Waals surface area contributed by atoms with Gasteiger partial charge in [-0.15, -0.1) is 11.6 Å². The predicted molar refractivity (Wildman–Crippen MR) is 87.1 cm³/mol. The van der Waals surface area contributed by atoms with Crippen LogP contribution in [0.25, 0.3) is 11.0 Å². The second-order valence-corrected chi connectivity index (χ2v) is 6.28. The largest absolute Gasteiger partial charge is 0.376 e. The van der Waals surface area contributed by atoms with Crippen LogP contribution in [0.1, 0.15) is 37.9 Å². The zero-order valence-corrected chi connectivity index (χ0v) is 13.5. The molecule has 1 aromatic heterocycles. The van der Waals surface area contributed by atoms with Gasteiger partial charge < -0.3 is 9.30 Å². The molecule has 5 heteroatoms. The Morgan fingerprint density at radius 2 is 2.05 bits per heavy atom. The predicted octanol–water partition coefficient (Wildman–Crippen LogP) is 4.78. The normalized spacial score (nSPS) is 16.7. The molecule has 1 aliphatic carbocycles. The summed E-state index contributed by atoms with van der Waals surface area (Å²) in [5.41, 5.74) is 1.97. The van der Waals surface area contributed by atoms with E-state index < -0.39 is 0 Å². The van der Waals surface area contributed by atoms with Gasteiger partial charge in [0.1, 0.15) is 5.82 Å². The number of alkyl halides is 1. The molecule has 3 nitrogen and oxygen atoms in total. The Bertz CT molecular complexity index is 606. The van der Waals surface area contributed by atoms with Gasteiger partial charge in [0.15, 0.2) is 0 Å². The van der Waals surface area contributed by atoms with E-state index >= 15 is 0 Å². The lowest BCUT2D eigenvalue weighted by atomic mass is 9.98. The Morgan fingerprint density at radius 3 is 2.81 bits per heavy atom. The van der Waals surface area contributed by atoms with Crippen molar-refractivity contribution in [3.8, 4) is 0 Å². The van der Waals surface area contributed by atoms with E-state index in [-0.39, 0.29) is 0 Å². The molecule has 2 aromatic rings. The van der Waals surface area contributed by atoms with Crippen LogP contribution in [-0.4, -0.2) is 22.3 Å². The van der Waals surface area contributed by atoms with Gasteiger partial charge >= 0.3 is 0 Å². The van der Waals surface area contributed by atoms with E-state index in [1.54, 1.807) is 0 Å². The summed E-state index contributed by atoms with van der Waals surface area (Å²) in [5, 5.41) is 0.720. The van der Waals surface area contributed by atoms with Gasteiger partial charge in [-0.3, -0.25) is 0 Å². The summed E-state index contributed by atoms with van der Waals surface area (Å²) in [6, 6.07) is 5.74. The molecule has 0 atom stereocenters. The zero-order chi connectivity index (χ0) is 14.7. The monoisotopic (exact) mass is 326 g/mol. The zero-order valence-electron chi connectivity index (χ0n) is 12.0. The van der Waals surface area contributed by atoms with Crippen LogP contribution in [0.2, 0.25) is 5.02 Å². The molecule has 1 fully saturated rings. The number of fused-ring (bicyclic) bond motifs is 1. The molecule has 0 radical (unpaired) electrons. The summed E-state index contributed by atoms with van der Waals surface area (Å²) in [6.45, 7) is 1.47. The summed E-state index contributed by atoms with van der Waals surface area (Å²) < 4.78 is 8.13. The lowest BCUT2D eigenvalue weighted by Gasteiger charge is -2.22. The molecule has 21 heavy (non-hydrogen) atoms. The van der Waals surface area contributed by atoms with Crippen LogP contribution in [0.15, 0.2) is 18.2 Å². The van der Waals surface area contributed by atoms with E-state index in [0.29, 0.717) is 18.6 Å². The minimum Gasteiger partial charge on any atom is -0.376 e. The number of rotatable bonds is 5. The molecule has 3 rings (SSSR count). The van der Waals surface area contributed by atoms with Crippen LogP contribution < -0.4 is 0 Å². The first-order valence-electron chi connectivity index (χ1n) is 7.60. The van der Waals surface area contributed by atoms with E-state index in [2.05, 4.69) is 9.55 Å². The second-order valence-electron chi connectivity index (χ2n) is 5.58. The number of aromatic nitrogens is 2. The first-order chi connectivity index (χ1) is 10.3. The van der Waals surface area contributed by atoms with Crippen LogP contribution in [0, 0.1) is 0 Å². The van der Waals surface area contributed by atoms with Crippen molar-refractivity contribution in [3.63, 3.8) is 0 Å². The Kier molecular flexibility index (Phi) is 5.04. The average molecular weight is 327 g/mol. The third-order valence-corrected chi connectivity index (χ3v) is 4.60. The quantitative estimate of drug-likeness (QED) is 0.739. The molecule has 0 N–H and O–H groups in total. The third-order valence-electron chi connectivity index (χ3n) is 4.13. The number of benzene rings is 1. The molecule has 1 aromatic carbocycles. The van der Waals surface area contributed by atoms with Crippen molar-refractivity contribution in [2.75, 3.05) is 6.61 Å². The van der Waals surface area contributed by atoms with Crippen LogP contribution in [0.5, 0.6) is 0 Å². The van der Waals surface area contributed by atoms with Gasteiger partial charge in [0.25, 0.3) is 0 Å². The Hall–Kier alpha value is -0.770. The minimum absolute atomic E-state index is 0.399. The molecular weight excluding hydrogens is 307 g/mol. The van der Waals surface area contributed by atoms with Crippen molar-refractivity contribution in [1.82, 2.24) is 9.55 Å². The van der Waals surface area contributed by atoms with Crippen LogP contribution >= 0.6 is 23.2 Å². The van der Waals surface area contributed by atoms with E-state index in [0.717, 1.165) is 28.4 Å². The molecule has 0 spiro atoms. The summed E-state index contributed by atoms with van der Waals surface area (Å²) in [5.74, 6) is 1.27. The highest BCUT2D eigenvalue weighted by atomic mass is 35.5. The maximum atomic E-state index is 6.09. The summed E-state index contributed by atoms with van der Waals surface area (Å²) in [4.78, 5) is 4.55. The maximum Gasteiger partial charge on any atom is 0.124 e. The Balaban J connectivity index is 1.71. The molecule has 0 bridgehead atoms. The first kappa shape index (κ1) is 15.1. The highest BCUT2D eigenvalue weighted by Crippen LogP contribution is 2.23. The van der Waals surface area contributed by atoms with Crippen molar-refractivity contribution >= 4 is 34.2 Å². The fourth-order valence-electron chi connectivity index (χ4n) is 3.04. The number of hydrogen-bond acceptors (Lipinski definition) is 2. The Morgan fingerprint density at radius 1 is 1.24 bits per heavy atom. The van der Waals surface area contributed by atoms with Crippen molar-refractivity contribution in [2.45, 2.75) is 50.6 Å². The SMILES string of the molecule is ClCc1nc2ccc(Cl)cc2n1CCOC1CCCCC1. The molecule has 0 aliphatic heterocycles. The number of nitrogens with zero attached hydrogens (tertiary/aromatic N) is 2. The molecule has 1 heterocycles. The number of imidazole rings is 1. The van der Waals surface area contributed by atoms with E-state index in [4.69, 9.17) is 27.9 Å². The van der Waals surface area contributed by atoms with Gasteiger partial charge in [-0.2, -0.15) is 0 Å². The topological polar surface area (TPSA) is 27.1 Å². The van der Waals surface area contributed by atoms with Crippen LogP contribution in [0.4, 0.5) is 0 Å². The standard InChI is InChI=1S/C16H20Cl2N2O/c17-11-16-19-14-7-6-12(18)10-15(14)20(16)8-9-21-13-4-2-1-3-5-13/h6-7,10,13H,1-5,8-9,11H2. The molecule has 0 amide bonds. The van der Waals surface area contributed by atoms with E-state index in [1.165, 1.54) is 32.1 Å². The molecule has 0 saturated heterocycles. The highest BCUT2D eigenvalue weighted by molar-refractivity contribution is 6.31. The summed E-state index contributed by atoms with van der Waals surface area (Å²) in [7, 11) is 0. The Labute approximate surface area is 135 Å². The van der Waals surface area contributed by atoms with E-state index in [1.807, 2.05) is 18.2 Å². The van der Waals surface area contributed by atoms with Gasteiger partial charge in [-0.25, -0.2) is 4.98 Å². The van der Waals surface area contributed by atoms with Crippen LogP contribution in [-0.2, 0) is 17.2 Å². The highest BCUT2D eigenvalue weighted by Gasteiger charge is 2.15. The fourth-order valence-corrected chi connectivity index (χ4v) is 3.41. The summed E-state index contributed by atoms with van der Waals surface area (Å²) >= 11 is 12.1. The van der Waals surface area contributed by atoms with Crippen molar-refractivity contribution in [1.29, 1.82) is 0 Å². The van der Waals surface area contributed by atoms with Crippen molar-refractivity contribution in [2.24, 2.45) is 0 Å². The van der Waals surface area contributed by atoms with Gasteiger partial charge in [0.05, 0.1) is 29.6 Å². The number of ether oxygens (including phenoxy) is 1. The second kappa shape index (κ2) is 6.99. The number of halogens is 2. The average Bonchev–Trinajstić information content (AvgIpc) is 2.86. The lowest BCUT2D eigenvalue weighted by molar-refractivity contribution is 0.0242. The molecule has 0 unspecified atom stereocenters. The third kappa shape index (κ3) is 3.53. The number of hydrogen-bond donors (Lipinski definition) is 0. The lowest BCUT2D eigenvalue weighted by Crippen LogP contribution is -2.19. The molecule has 1 aliphatic rings. The van der Waals surface area contributed by atoms with Gasteiger partial charge in [0, 0.05) is 11.6 Å². The molecule has 1 saturated carbocycles. The fraction of sp³-hybridized carbons (Fsp3) is 0.562. The van der Waals surface area contributed by atoms with Crippen molar-refractivity contribution in [3.05, 3.63) is 29.0 Å². The van der Waals surface area contributed by atoms with Crippen LogP contribution in [0.3, 0.4) is 0 Å². The first-order valence-corrected chi connectivity index (χ1v) is 8.51. The van der Waals surface area contributed by atoms with Gasteiger partial charge in [-0.05, 0) is 31.0 Å². The maximum absolute atomic E-state index is 6.09. The van der Waals surface area contributed by atoms with Crippen molar-refractivity contribution < 1.29 is 4.74 Å². The van der Waals surface area contributed by atoms with Gasteiger partial charge in [0.2, 0.25) is 0 Å².